The molecule has 4 aromatic rings. The van der Waals surface area contributed by atoms with Crippen LogP contribution in [0.5, 0.6) is 5.75 Å². The van der Waals surface area contributed by atoms with Crippen LogP contribution in [-0.2, 0) is 0 Å². The van der Waals surface area contributed by atoms with E-state index in [0.717, 1.165) is 27.8 Å². The summed E-state index contributed by atoms with van der Waals surface area (Å²) >= 11 is 7.92. The normalized spacial score (nSPS) is 10.7. The van der Waals surface area contributed by atoms with Gasteiger partial charge in [0.25, 0.3) is 5.91 Å². The summed E-state index contributed by atoms with van der Waals surface area (Å²) in [5.74, 6) is -1.92. The minimum absolute atomic E-state index is 0.393. The Morgan fingerprint density at radius 1 is 1.07 bits per heavy atom. The van der Waals surface area contributed by atoms with Crippen molar-refractivity contribution in [3.63, 3.8) is 0 Å². The third kappa shape index (κ3) is 3.99. The van der Waals surface area contributed by atoms with Crippen LogP contribution in [0.2, 0.25) is 5.02 Å². The van der Waals surface area contributed by atoms with Crippen LogP contribution in [0.4, 0.5) is 10.1 Å². The molecular weight excluding hydrogens is 411 g/mol. The summed E-state index contributed by atoms with van der Waals surface area (Å²) in [5.41, 5.74) is 2.74. The number of aromatic nitrogens is 1. The average Bonchev–Trinajstić information content (AvgIpc) is 3.24. The second-order valence-electron chi connectivity index (χ2n) is 6.20. The molecule has 3 aromatic carbocycles. The maximum atomic E-state index is 13.8. The zero-order chi connectivity index (χ0) is 20.4. The molecule has 0 aliphatic carbocycles. The van der Waals surface area contributed by atoms with E-state index in [0.29, 0.717) is 10.7 Å². The van der Waals surface area contributed by atoms with E-state index in [4.69, 9.17) is 11.6 Å². The fourth-order valence-corrected chi connectivity index (χ4v) is 3.77. The van der Waals surface area contributed by atoms with Crippen LogP contribution in [0, 0.1) is 5.82 Å². The van der Waals surface area contributed by atoms with E-state index in [1.807, 2.05) is 35.7 Å². The standard InChI is InChI=1S/C22H14ClFN2O2S/c23-17-9-6-14(22-25-10-11-29-22)12-16(17)13-4-7-15(8-5-13)26-21(28)20-18(24)2-1-3-19(20)27/h1-12,27H,(H,26,28). The van der Waals surface area contributed by atoms with Gasteiger partial charge in [-0.25, -0.2) is 9.37 Å². The van der Waals surface area contributed by atoms with Crippen LogP contribution in [-0.4, -0.2) is 16.0 Å². The fourth-order valence-electron chi connectivity index (χ4n) is 2.91. The molecule has 4 rings (SSSR count). The van der Waals surface area contributed by atoms with Crippen molar-refractivity contribution in [1.29, 1.82) is 0 Å². The molecule has 0 fully saturated rings. The van der Waals surface area contributed by atoms with Crippen molar-refractivity contribution >= 4 is 34.5 Å². The first-order valence-corrected chi connectivity index (χ1v) is 9.87. The van der Waals surface area contributed by atoms with Crippen LogP contribution >= 0.6 is 22.9 Å². The second-order valence-corrected chi connectivity index (χ2v) is 7.50. The lowest BCUT2D eigenvalue weighted by atomic mass is 10.0. The van der Waals surface area contributed by atoms with Crippen LogP contribution in [0.1, 0.15) is 10.4 Å². The fraction of sp³-hybridized carbons (Fsp3) is 0. The molecule has 29 heavy (non-hydrogen) atoms. The Balaban J connectivity index is 1.59. The number of phenols is 1. The lowest BCUT2D eigenvalue weighted by molar-refractivity contribution is 0.102. The monoisotopic (exact) mass is 424 g/mol. The average molecular weight is 425 g/mol. The Hall–Kier alpha value is -3.22. The molecule has 0 spiro atoms. The number of amides is 1. The molecule has 1 heterocycles. The quantitative estimate of drug-likeness (QED) is 0.408. The number of hydrogen-bond acceptors (Lipinski definition) is 4. The van der Waals surface area contributed by atoms with Crippen LogP contribution in [0.3, 0.4) is 0 Å². The SMILES string of the molecule is O=C(Nc1ccc(-c2cc(-c3nccs3)ccc2Cl)cc1)c1c(O)cccc1F. The Morgan fingerprint density at radius 2 is 1.83 bits per heavy atom. The summed E-state index contributed by atoms with van der Waals surface area (Å²) in [5, 5.41) is 15.7. The molecule has 0 saturated carbocycles. The molecule has 2 N–H and O–H groups in total. The first-order chi connectivity index (χ1) is 14.0. The van der Waals surface area contributed by atoms with Crippen molar-refractivity contribution in [3.8, 4) is 27.4 Å². The second kappa shape index (κ2) is 8.03. The summed E-state index contributed by atoms with van der Waals surface area (Å²) in [4.78, 5) is 16.6. The highest BCUT2D eigenvalue weighted by molar-refractivity contribution is 7.13. The Morgan fingerprint density at radius 3 is 2.52 bits per heavy atom. The Labute approximate surface area is 175 Å². The number of phenolic OH excluding ortho intramolecular Hbond substituents is 1. The summed E-state index contributed by atoms with van der Waals surface area (Å²) in [7, 11) is 0. The van der Waals surface area contributed by atoms with Gasteiger partial charge in [-0.05, 0) is 42.0 Å². The largest absolute Gasteiger partial charge is 0.507 e. The molecule has 0 saturated heterocycles. The third-order valence-corrected chi connectivity index (χ3v) is 5.47. The molecule has 7 heteroatoms. The summed E-state index contributed by atoms with van der Waals surface area (Å²) in [6, 6.07) is 16.4. The summed E-state index contributed by atoms with van der Waals surface area (Å²) in [6.07, 6.45) is 1.75. The van der Waals surface area contributed by atoms with Gasteiger partial charge in [0.1, 0.15) is 22.1 Å². The van der Waals surface area contributed by atoms with E-state index in [1.165, 1.54) is 12.1 Å². The van der Waals surface area contributed by atoms with Gasteiger partial charge in [0, 0.05) is 33.4 Å². The number of nitrogens with one attached hydrogen (secondary N) is 1. The number of nitrogens with zero attached hydrogens (tertiary/aromatic N) is 1. The number of rotatable bonds is 4. The van der Waals surface area contributed by atoms with Crippen LogP contribution in [0.25, 0.3) is 21.7 Å². The van der Waals surface area contributed by atoms with Crippen molar-refractivity contribution in [2.24, 2.45) is 0 Å². The molecule has 0 atom stereocenters. The number of carbonyl (C=O) groups is 1. The van der Waals surface area contributed by atoms with Crippen molar-refractivity contribution in [1.82, 2.24) is 4.98 Å². The smallest absolute Gasteiger partial charge is 0.262 e. The number of anilines is 1. The van der Waals surface area contributed by atoms with Gasteiger partial charge in [-0.3, -0.25) is 4.79 Å². The predicted octanol–water partition coefficient (Wildman–Crippen LogP) is 6.23. The van der Waals surface area contributed by atoms with Gasteiger partial charge in [0.2, 0.25) is 0 Å². The number of hydrogen-bond donors (Lipinski definition) is 2. The van der Waals surface area contributed by atoms with E-state index < -0.39 is 23.0 Å². The van der Waals surface area contributed by atoms with E-state index in [9.17, 15) is 14.3 Å². The van der Waals surface area contributed by atoms with Crippen LogP contribution < -0.4 is 5.32 Å². The number of carbonyl (C=O) groups excluding carboxylic acids is 1. The predicted molar refractivity (Wildman–Crippen MR) is 114 cm³/mol. The van der Waals surface area contributed by atoms with Crippen molar-refractivity contribution in [2.45, 2.75) is 0 Å². The summed E-state index contributed by atoms with van der Waals surface area (Å²) < 4.78 is 13.8. The van der Waals surface area contributed by atoms with Crippen LogP contribution in [0.15, 0.2) is 72.2 Å². The van der Waals surface area contributed by atoms with Gasteiger partial charge < -0.3 is 10.4 Å². The Bertz CT molecular complexity index is 1160. The number of aromatic hydroxyl groups is 1. The molecule has 0 bridgehead atoms. The molecule has 0 aliphatic heterocycles. The van der Waals surface area contributed by atoms with Gasteiger partial charge in [-0.1, -0.05) is 35.9 Å². The van der Waals surface area contributed by atoms with Gasteiger partial charge in [-0.2, -0.15) is 0 Å². The van der Waals surface area contributed by atoms with Crippen molar-refractivity contribution < 1.29 is 14.3 Å². The topological polar surface area (TPSA) is 62.2 Å². The molecule has 0 aliphatic rings. The number of halogens is 2. The maximum Gasteiger partial charge on any atom is 0.262 e. The van der Waals surface area contributed by atoms with Gasteiger partial charge in [0.15, 0.2) is 0 Å². The highest BCUT2D eigenvalue weighted by Gasteiger charge is 2.16. The van der Waals surface area contributed by atoms with Gasteiger partial charge in [-0.15, -0.1) is 11.3 Å². The van der Waals surface area contributed by atoms with Gasteiger partial charge >= 0.3 is 0 Å². The minimum Gasteiger partial charge on any atom is -0.507 e. The van der Waals surface area contributed by atoms with E-state index in [1.54, 1.807) is 29.7 Å². The first-order valence-electron chi connectivity index (χ1n) is 8.61. The van der Waals surface area contributed by atoms with Crippen molar-refractivity contribution in [2.75, 3.05) is 5.32 Å². The molecule has 144 valence electrons. The van der Waals surface area contributed by atoms with E-state index >= 15 is 0 Å². The zero-order valence-electron chi connectivity index (χ0n) is 14.9. The Kier molecular flexibility index (Phi) is 5.29. The highest BCUT2D eigenvalue weighted by Crippen LogP contribution is 2.34. The minimum atomic E-state index is -0.787. The number of benzene rings is 3. The lowest BCUT2D eigenvalue weighted by Crippen LogP contribution is -2.13. The molecule has 0 unspecified atom stereocenters. The molecule has 1 aromatic heterocycles. The molecular formula is C22H14ClFN2O2S. The first kappa shape index (κ1) is 19.1. The summed E-state index contributed by atoms with van der Waals surface area (Å²) in [6.45, 7) is 0. The maximum absolute atomic E-state index is 13.8. The third-order valence-electron chi connectivity index (χ3n) is 4.32. The molecule has 0 radical (unpaired) electrons. The highest BCUT2D eigenvalue weighted by atomic mass is 35.5. The van der Waals surface area contributed by atoms with Crippen molar-refractivity contribution in [3.05, 3.63) is 88.6 Å². The molecule has 4 nitrogen and oxygen atoms in total. The number of thiazole rings is 1. The van der Waals surface area contributed by atoms with Gasteiger partial charge in [0.05, 0.1) is 0 Å². The van der Waals surface area contributed by atoms with E-state index in [2.05, 4.69) is 10.3 Å². The lowest BCUT2D eigenvalue weighted by Gasteiger charge is -2.10. The van der Waals surface area contributed by atoms with E-state index in [-0.39, 0.29) is 0 Å². The molecule has 1 amide bonds. The zero-order valence-corrected chi connectivity index (χ0v) is 16.5.